The van der Waals surface area contributed by atoms with Gasteiger partial charge in [-0.05, 0) is 37.6 Å². The fourth-order valence-corrected chi connectivity index (χ4v) is 2.30. The number of carbonyl (C=O) groups is 2. The summed E-state index contributed by atoms with van der Waals surface area (Å²) in [6.45, 7) is 1.55. The molecule has 0 saturated carbocycles. The predicted molar refractivity (Wildman–Crippen MR) is 82.0 cm³/mol. The minimum Gasteiger partial charge on any atom is -0.446 e. The second-order valence-electron chi connectivity index (χ2n) is 5.53. The van der Waals surface area contributed by atoms with Crippen LogP contribution in [0.5, 0.6) is 5.75 Å². The number of esters is 1. The number of benzene rings is 1. The normalized spacial score (nSPS) is 18.3. The van der Waals surface area contributed by atoms with Crippen LogP contribution in [0.1, 0.15) is 6.42 Å². The summed E-state index contributed by atoms with van der Waals surface area (Å²) in [6, 6.07) is 2.95. The lowest BCUT2D eigenvalue weighted by atomic mass is 10.1. The largest absolute Gasteiger partial charge is 0.491 e. The Kier molecular flexibility index (Phi) is 6.65. The molecule has 1 aliphatic rings. The highest BCUT2D eigenvalue weighted by Crippen LogP contribution is 2.23. The predicted octanol–water partition coefficient (Wildman–Crippen LogP) is 2.02. The molecule has 1 aromatic rings. The third kappa shape index (κ3) is 5.73. The highest BCUT2D eigenvalue weighted by molar-refractivity contribution is 6.30. The molecule has 0 aliphatic carbocycles. The Bertz CT molecular complexity index is 666. The topological polar surface area (TPSA) is 76.7 Å². The summed E-state index contributed by atoms with van der Waals surface area (Å²) in [5.74, 6) is -4.85. The lowest BCUT2D eigenvalue weighted by Crippen LogP contribution is -2.45. The first kappa shape index (κ1) is 20.2. The number of carbonyl (C=O) groups excluding carboxylic acids is 2. The van der Waals surface area contributed by atoms with Gasteiger partial charge >= 0.3 is 24.3 Å². The second kappa shape index (κ2) is 8.54. The molecule has 1 heterocycles. The molecule has 0 radical (unpaired) electrons. The zero-order valence-corrected chi connectivity index (χ0v) is 14.0. The fraction of sp³-hybridized carbons (Fsp3) is 0.467. The first-order valence-corrected chi connectivity index (χ1v) is 7.92. The molecule has 26 heavy (non-hydrogen) atoms. The third-order valence-corrected chi connectivity index (χ3v) is 3.83. The van der Waals surface area contributed by atoms with Crippen molar-refractivity contribution < 1.29 is 36.6 Å². The van der Waals surface area contributed by atoms with Crippen LogP contribution in [0, 0.1) is 11.7 Å². The van der Waals surface area contributed by atoms with Crippen LogP contribution < -0.4 is 15.4 Å². The number of rotatable bonds is 6. The van der Waals surface area contributed by atoms with Crippen molar-refractivity contribution >= 4 is 23.5 Å². The molecule has 0 spiro atoms. The average molecular weight is 399 g/mol. The third-order valence-electron chi connectivity index (χ3n) is 3.52. The van der Waals surface area contributed by atoms with Gasteiger partial charge in [-0.3, -0.25) is 4.79 Å². The molecule has 2 N–H and O–H groups in total. The maximum Gasteiger partial charge on any atom is 0.491 e. The molecule has 1 aliphatic heterocycles. The number of hydrogen-bond donors (Lipinski definition) is 2. The summed E-state index contributed by atoms with van der Waals surface area (Å²) >= 11 is 5.50. The number of ether oxygens (including phenoxy) is 2. The SMILES string of the molecule is O=C(NCC1CCNC1)C(OC(=O)C(F)(F)F)Oc1ccc(Cl)c(F)c1. The van der Waals surface area contributed by atoms with E-state index in [0.29, 0.717) is 6.54 Å². The summed E-state index contributed by atoms with van der Waals surface area (Å²) in [5.41, 5.74) is 0. The molecule has 2 unspecified atom stereocenters. The fourth-order valence-electron chi connectivity index (χ4n) is 2.19. The molecule has 1 fully saturated rings. The first-order chi connectivity index (χ1) is 12.2. The van der Waals surface area contributed by atoms with E-state index < -0.39 is 30.2 Å². The lowest BCUT2D eigenvalue weighted by molar-refractivity contribution is -0.216. The van der Waals surface area contributed by atoms with Crippen molar-refractivity contribution in [3.05, 3.63) is 29.0 Å². The van der Waals surface area contributed by atoms with E-state index in [1.165, 1.54) is 0 Å². The van der Waals surface area contributed by atoms with E-state index in [1.807, 2.05) is 0 Å². The molecule has 1 amide bonds. The number of hydrogen-bond acceptors (Lipinski definition) is 5. The molecule has 1 aromatic carbocycles. The van der Waals surface area contributed by atoms with Gasteiger partial charge in [-0.1, -0.05) is 11.6 Å². The molecule has 0 bridgehead atoms. The van der Waals surface area contributed by atoms with Gasteiger partial charge in [-0.25, -0.2) is 9.18 Å². The van der Waals surface area contributed by atoms with Crippen LogP contribution >= 0.6 is 11.6 Å². The van der Waals surface area contributed by atoms with Crippen LogP contribution in [0.4, 0.5) is 17.6 Å². The minimum atomic E-state index is -5.32. The van der Waals surface area contributed by atoms with Gasteiger partial charge in [0, 0.05) is 12.6 Å². The van der Waals surface area contributed by atoms with Crippen molar-refractivity contribution in [3.8, 4) is 5.75 Å². The minimum absolute atomic E-state index is 0.0888. The van der Waals surface area contributed by atoms with Crippen molar-refractivity contribution in [2.24, 2.45) is 5.92 Å². The highest BCUT2D eigenvalue weighted by atomic mass is 35.5. The van der Waals surface area contributed by atoms with Gasteiger partial charge in [-0.15, -0.1) is 0 Å². The Morgan fingerprint density at radius 2 is 2.12 bits per heavy atom. The van der Waals surface area contributed by atoms with E-state index in [1.54, 1.807) is 0 Å². The highest BCUT2D eigenvalue weighted by Gasteiger charge is 2.44. The Balaban J connectivity index is 2.07. The number of halogens is 5. The molecule has 2 rings (SSSR count). The summed E-state index contributed by atoms with van der Waals surface area (Å²) in [7, 11) is 0. The molecule has 144 valence electrons. The Morgan fingerprint density at radius 3 is 2.69 bits per heavy atom. The van der Waals surface area contributed by atoms with E-state index in [2.05, 4.69) is 15.4 Å². The number of alkyl halides is 3. The Hall–Kier alpha value is -2.07. The maximum atomic E-state index is 13.4. The molecular formula is C15H15ClF4N2O4. The maximum absolute atomic E-state index is 13.4. The quantitative estimate of drug-likeness (QED) is 0.435. The van der Waals surface area contributed by atoms with Crippen LogP contribution in [-0.2, 0) is 14.3 Å². The molecule has 11 heteroatoms. The molecule has 2 atom stereocenters. The Labute approximate surface area is 150 Å². The smallest absolute Gasteiger partial charge is 0.446 e. The van der Waals surface area contributed by atoms with Crippen LogP contribution in [0.2, 0.25) is 5.02 Å². The van der Waals surface area contributed by atoms with Crippen molar-refractivity contribution in [1.82, 2.24) is 10.6 Å². The van der Waals surface area contributed by atoms with Gasteiger partial charge in [-0.2, -0.15) is 13.2 Å². The van der Waals surface area contributed by atoms with Gasteiger partial charge in [0.1, 0.15) is 11.6 Å². The van der Waals surface area contributed by atoms with E-state index in [0.717, 1.165) is 31.2 Å². The van der Waals surface area contributed by atoms with E-state index in [4.69, 9.17) is 16.3 Å². The van der Waals surface area contributed by atoms with Crippen LogP contribution in [0.15, 0.2) is 18.2 Å². The van der Waals surface area contributed by atoms with E-state index in [9.17, 15) is 27.2 Å². The van der Waals surface area contributed by atoms with Crippen molar-refractivity contribution in [2.45, 2.75) is 18.9 Å². The van der Waals surface area contributed by atoms with Gasteiger partial charge in [0.2, 0.25) is 0 Å². The van der Waals surface area contributed by atoms with Crippen LogP contribution in [-0.4, -0.2) is 44.0 Å². The van der Waals surface area contributed by atoms with Gasteiger partial charge < -0.3 is 20.1 Å². The van der Waals surface area contributed by atoms with E-state index in [-0.39, 0.29) is 23.2 Å². The summed E-state index contributed by atoms with van der Waals surface area (Å²) < 4.78 is 59.7. The van der Waals surface area contributed by atoms with Crippen molar-refractivity contribution in [1.29, 1.82) is 0 Å². The van der Waals surface area contributed by atoms with E-state index >= 15 is 0 Å². The number of amides is 1. The Morgan fingerprint density at radius 1 is 1.38 bits per heavy atom. The lowest BCUT2D eigenvalue weighted by Gasteiger charge is -2.20. The number of nitrogens with one attached hydrogen (secondary N) is 2. The monoisotopic (exact) mass is 398 g/mol. The zero-order chi connectivity index (χ0) is 19.3. The van der Waals surface area contributed by atoms with Crippen LogP contribution in [0.25, 0.3) is 0 Å². The summed E-state index contributed by atoms with van der Waals surface area (Å²) in [5, 5.41) is 5.17. The summed E-state index contributed by atoms with van der Waals surface area (Å²) in [6.07, 6.45) is -6.78. The van der Waals surface area contributed by atoms with Gasteiger partial charge in [0.05, 0.1) is 5.02 Å². The first-order valence-electron chi connectivity index (χ1n) is 7.54. The van der Waals surface area contributed by atoms with Crippen LogP contribution in [0.3, 0.4) is 0 Å². The molecule has 6 nitrogen and oxygen atoms in total. The summed E-state index contributed by atoms with van der Waals surface area (Å²) in [4.78, 5) is 23.1. The zero-order valence-electron chi connectivity index (χ0n) is 13.2. The molecule has 0 aromatic heterocycles. The standard InChI is InChI=1S/C15H15ClF4N2O4/c16-10-2-1-9(5-11(10)17)25-13(26-14(24)15(18,19)20)12(23)22-7-8-3-4-21-6-8/h1-2,5,8,13,21H,3-4,6-7H2,(H,22,23). The van der Waals surface area contributed by atoms with Crippen molar-refractivity contribution in [3.63, 3.8) is 0 Å². The average Bonchev–Trinajstić information content (AvgIpc) is 3.08. The van der Waals surface area contributed by atoms with Crippen molar-refractivity contribution in [2.75, 3.05) is 19.6 Å². The second-order valence-corrected chi connectivity index (χ2v) is 5.94. The molecule has 1 saturated heterocycles. The van der Waals surface area contributed by atoms with Gasteiger partial charge in [0.25, 0.3) is 0 Å². The molecular weight excluding hydrogens is 384 g/mol. The van der Waals surface area contributed by atoms with Gasteiger partial charge in [0.15, 0.2) is 0 Å².